The van der Waals surface area contributed by atoms with Crippen LogP contribution in [-0.4, -0.2) is 153 Å². The molecule has 0 aliphatic carbocycles. The standard InChI is InChI=1S/C38H66N10O12S2/c1-17(2)11-22(31(52)41-14-28(51)42-24(13-27(40)50)33(54)43-23(12-18(3)4)32(53)45-25(16-62)38(59)60)44-35(56)29(19(5)6)46-36(57)30(20(7)49)47-34(55)26-9-8-10-48(26)37(58)21(39)15-61/h17-26,29-30,49,61-62H,8-16,39H2,1-7H3,(H2,40,50)(H,41,52)(H,42,51)(H,43,54)(H,44,56)(H,45,53)(H,46,57)(H,47,55)(H,59,60)/t20-,21+,22+,23+,24+,25+,26+,29+,30+/m1/s1. The van der Waals surface area contributed by atoms with Crippen molar-refractivity contribution in [1.82, 2.24) is 42.1 Å². The number of primary amides is 1. The smallest absolute Gasteiger partial charge is 0.327 e. The molecule has 0 spiro atoms. The topological polar surface area (TPSA) is 351 Å². The molecule has 1 saturated heterocycles. The normalized spacial score (nSPS) is 17.6. The van der Waals surface area contributed by atoms with E-state index in [1.807, 2.05) is 0 Å². The Hall–Kier alpha value is -4.68. The summed E-state index contributed by atoms with van der Waals surface area (Å²) in [6, 6.07) is -10.2. The molecule has 1 heterocycles. The number of nitrogens with zero attached hydrogens (tertiary/aromatic N) is 1. The summed E-state index contributed by atoms with van der Waals surface area (Å²) in [5, 5.41) is 36.8. The van der Waals surface area contributed by atoms with Crippen LogP contribution >= 0.6 is 25.3 Å². The van der Waals surface area contributed by atoms with Gasteiger partial charge >= 0.3 is 5.97 Å². The number of carbonyl (C=O) groups excluding carboxylic acids is 9. The number of aliphatic hydroxyl groups excluding tert-OH is 1. The Labute approximate surface area is 372 Å². The Kier molecular flexibility index (Phi) is 23.8. The van der Waals surface area contributed by atoms with Crippen LogP contribution < -0.4 is 48.7 Å². The van der Waals surface area contributed by atoms with Crippen molar-refractivity contribution in [1.29, 1.82) is 0 Å². The van der Waals surface area contributed by atoms with E-state index in [-0.39, 0.29) is 42.7 Å². The van der Waals surface area contributed by atoms with E-state index in [0.717, 1.165) is 0 Å². The number of thiol groups is 2. The third-order valence-electron chi connectivity index (χ3n) is 9.62. The van der Waals surface area contributed by atoms with Crippen molar-refractivity contribution in [2.24, 2.45) is 29.2 Å². The molecule has 62 heavy (non-hydrogen) atoms. The van der Waals surface area contributed by atoms with Crippen LogP contribution in [0.5, 0.6) is 0 Å². The van der Waals surface area contributed by atoms with Gasteiger partial charge < -0.3 is 63.8 Å². The molecular weight excluding hydrogens is 853 g/mol. The van der Waals surface area contributed by atoms with Crippen molar-refractivity contribution in [3.05, 3.63) is 0 Å². The van der Waals surface area contributed by atoms with E-state index >= 15 is 0 Å². The van der Waals surface area contributed by atoms with Gasteiger partial charge in [-0.15, -0.1) is 0 Å². The fraction of sp³-hybridized carbons (Fsp3) is 0.737. The number of carboxylic acid groups (broad SMARTS) is 1. The van der Waals surface area contributed by atoms with Gasteiger partial charge in [0.05, 0.1) is 25.1 Å². The summed E-state index contributed by atoms with van der Waals surface area (Å²) in [4.78, 5) is 131. The maximum Gasteiger partial charge on any atom is 0.327 e. The highest BCUT2D eigenvalue weighted by atomic mass is 32.1. The van der Waals surface area contributed by atoms with Crippen molar-refractivity contribution < 1.29 is 58.2 Å². The molecule has 13 N–H and O–H groups in total. The first-order valence-electron chi connectivity index (χ1n) is 20.4. The number of nitrogens with one attached hydrogen (secondary N) is 7. The predicted octanol–water partition coefficient (Wildman–Crippen LogP) is -3.72. The van der Waals surface area contributed by atoms with E-state index in [2.05, 4.69) is 62.5 Å². The van der Waals surface area contributed by atoms with Gasteiger partial charge in [-0.25, -0.2) is 4.79 Å². The summed E-state index contributed by atoms with van der Waals surface area (Å²) in [5.74, 6) is -9.96. The largest absolute Gasteiger partial charge is 0.480 e. The van der Waals surface area contributed by atoms with Gasteiger partial charge in [0.1, 0.15) is 42.3 Å². The highest BCUT2D eigenvalue weighted by Crippen LogP contribution is 2.19. The zero-order valence-corrected chi connectivity index (χ0v) is 38.1. The fourth-order valence-corrected chi connectivity index (χ4v) is 6.77. The monoisotopic (exact) mass is 918 g/mol. The summed E-state index contributed by atoms with van der Waals surface area (Å²) < 4.78 is 0. The third-order valence-corrected chi connectivity index (χ3v) is 10.4. The number of likely N-dealkylation sites (tertiary alicyclic amines) is 1. The SMILES string of the molecule is CC(C)C[C@H](NC(=O)[C@H](CC(N)=O)NC(=O)CNC(=O)[C@H](CC(C)C)NC(=O)[C@@H](NC(=O)[C@@H](NC(=O)[C@@H]1CCCN1C(=O)[C@@H](N)CS)[C@@H](C)O)C(C)C)C(=O)N[C@@H](CS)C(=O)O. The van der Waals surface area contributed by atoms with Crippen molar-refractivity contribution in [2.75, 3.05) is 24.6 Å². The lowest BCUT2D eigenvalue weighted by Gasteiger charge is -2.30. The summed E-state index contributed by atoms with van der Waals surface area (Å²) >= 11 is 7.97. The number of aliphatic hydroxyl groups is 1. The van der Waals surface area contributed by atoms with Crippen molar-refractivity contribution >= 4 is 84.4 Å². The zero-order valence-electron chi connectivity index (χ0n) is 36.3. The second-order valence-electron chi connectivity index (χ2n) is 16.4. The minimum absolute atomic E-state index is 0.0518. The van der Waals surface area contributed by atoms with Gasteiger partial charge in [-0.05, 0) is 50.4 Å². The summed E-state index contributed by atoms with van der Waals surface area (Å²) in [5.41, 5.74) is 11.2. The Bertz CT molecular complexity index is 1620. The van der Waals surface area contributed by atoms with Crippen LogP contribution in [0.25, 0.3) is 0 Å². The first-order valence-corrected chi connectivity index (χ1v) is 21.7. The molecule has 1 aliphatic heterocycles. The van der Waals surface area contributed by atoms with E-state index in [1.165, 1.54) is 11.8 Å². The lowest BCUT2D eigenvalue weighted by Crippen LogP contribution is -2.62. The van der Waals surface area contributed by atoms with Crippen molar-refractivity contribution in [3.63, 3.8) is 0 Å². The fourth-order valence-electron chi connectivity index (χ4n) is 6.37. The van der Waals surface area contributed by atoms with Crippen molar-refractivity contribution in [2.45, 2.75) is 135 Å². The van der Waals surface area contributed by atoms with Crippen LogP contribution in [0.1, 0.15) is 80.6 Å². The predicted molar refractivity (Wildman–Crippen MR) is 232 cm³/mol. The van der Waals surface area contributed by atoms with Crippen LogP contribution in [-0.2, 0) is 47.9 Å². The highest BCUT2D eigenvalue weighted by Gasteiger charge is 2.39. The lowest BCUT2D eigenvalue weighted by molar-refractivity contribution is -0.141. The molecule has 1 aliphatic rings. The Balaban J connectivity index is 3.10. The zero-order chi connectivity index (χ0) is 47.6. The number of hydrogen-bond donors (Lipinski definition) is 13. The van der Waals surface area contributed by atoms with Crippen LogP contribution in [0.4, 0.5) is 0 Å². The van der Waals surface area contributed by atoms with Crippen LogP contribution in [0, 0.1) is 17.8 Å². The van der Waals surface area contributed by atoms with E-state index in [9.17, 15) is 58.2 Å². The van der Waals surface area contributed by atoms with E-state index in [4.69, 9.17) is 11.5 Å². The van der Waals surface area contributed by atoms with Gasteiger partial charge in [-0.3, -0.25) is 43.2 Å². The molecule has 0 unspecified atom stereocenters. The molecule has 1 fully saturated rings. The Morgan fingerprint density at radius 1 is 0.677 bits per heavy atom. The summed E-state index contributed by atoms with van der Waals surface area (Å²) in [6.45, 7) is 11.0. The van der Waals surface area contributed by atoms with Gasteiger partial charge in [0.25, 0.3) is 0 Å². The Morgan fingerprint density at radius 2 is 1.19 bits per heavy atom. The minimum Gasteiger partial charge on any atom is -0.480 e. The molecule has 0 aromatic heterocycles. The van der Waals surface area contributed by atoms with E-state index in [0.29, 0.717) is 12.8 Å². The molecule has 0 saturated carbocycles. The van der Waals surface area contributed by atoms with E-state index < -0.39 is 132 Å². The molecule has 22 nitrogen and oxygen atoms in total. The van der Waals surface area contributed by atoms with Crippen LogP contribution in [0.15, 0.2) is 0 Å². The maximum absolute atomic E-state index is 13.7. The van der Waals surface area contributed by atoms with Gasteiger partial charge in [-0.2, -0.15) is 25.3 Å². The van der Waals surface area contributed by atoms with Gasteiger partial charge in [0, 0.05) is 18.1 Å². The number of hydrogen-bond acceptors (Lipinski definition) is 14. The van der Waals surface area contributed by atoms with Crippen LogP contribution in [0.3, 0.4) is 0 Å². The van der Waals surface area contributed by atoms with Gasteiger partial charge in [0.15, 0.2) is 0 Å². The molecule has 0 aromatic rings. The number of aliphatic carboxylic acids is 1. The number of carbonyl (C=O) groups is 10. The maximum atomic E-state index is 13.7. The Morgan fingerprint density at radius 3 is 1.68 bits per heavy atom. The highest BCUT2D eigenvalue weighted by molar-refractivity contribution is 7.80. The molecule has 352 valence electrons. The molecule has 0 aromatic carbocycles. The minimum atomic E-state index is -1.60. The molecule has 9 amide bonds. The summed E-state index contributed by atoms with van der Waals surface area (Å²) in [6.07, 6.45) is -1.21. The number of rotatable bonds is 26. The lowest BCUT2D eigenvalue weighted by atomic mass is 9.99. The quantitative estimate of drug-likeness (QED) is 0.0372. The molecule has 1 rings (SSSR count). The first-order chi connectivity index (χ1) is 28.8. The molecule has 0 radical (unpaired) electrons. The van der Waals surface area contributed by atoms with Gasteiger partial charge in [0.2, 0.25) is 53.2 Å². The molecule has 24 heteroatoms. The first kappa shape index (κ1) is 55.3. The summed E-state index contributed by atoms with van der Waals surface area (Å²) in [7, 11) is 0. The average Bonchev–Trinajstić information content (AvgIpc) is 3.67. The second-order valence-corrected chi connectivity index (χ2v) is 17.1. The second kappa shape index (κ2) is 26.7. The molecular formula is C38H66N10O12S2. The third kappa shape index (κ3) is 18.3. The molecule has 9 atom stereocenters. The van der Waals surface area contributed by atoms with Crippen LogP contribution in [0.2, 0.25) is 0 Å². The average molecular weight is 919 g/mol. The number of amides is 9. The van der Waals surface area contributed by atoms with E-state index in [1.54, 1.807) is 41.5 Å². The number of carboxylic acids is 1. The number of nitrogens with two attached hydrogens (primary N) is 2. The van der Waals surface area contributed by atoms with Crippen molar-refractivity contribution in [3.8, 4) is 0 Å². The molecule has 0 bridgehead atoms. The van der Waals surface area contributed by atoms with Gasteiger partial charge in [-0.1, -0.05) is 41.5 Å².